The molecule has 6 N–H and O–H groups in total. The van der Waals surface area contributed by atoms with Crippen LogP contribution < -0.4 is 16.0 Å². The smallest absolute Gasteiger partial charge is 0.321 e. The van der Waals surface area contributed by atoms with Gasteiger partial charge in [-0.25, -0.2) is 0 Å². The highest BCUT2D eigenvalue weighted by molar-refractivity contribution is 5.84. The third-order valence-corrected chi connectivity index (χ3v) is 3.03. The normalized spacial score (nSPS) is 11.9. The molecule has 0 saturated heterocycles. The van der Waals surface area contributed by atoms with Gasteiger partial charge in [0.25, 0.3) is 0 Å². The Balaban J connectivity index is 4.31. The SMILES string of the molecule is CNC(=O)CC(NCCN(CCNCC(=O)O)CC(=O)O)C(=O)O. The summed E-state index contributed by atoms with van der Waals surface area (Å²) in [4.78, 5) is 45.0. The predicted molar refractivity (Wildman–Crippen MR) is 82.7 cm³/mol. The molecular weight excluding hydrogens is 324 g/mol. The molecule has 0 fully saturated rings. The molecule has 24 heavy (non-hydrogen) atoms. The lowest BCUT2D eigenvalue weighted by Gasteiger charge is -2.22. The maximum atomic E-state index is 11.2. The lowest BCUT2D eigenvalue weighted by Crippen LogP contribution is -2.45. The van der Waals surface area contributed by atoms with Crippen molar-refractivity contribution < 1.29 is 34.5 Å². The molecule has 1 unspecified atom stereocenters. The standard InChI is InChI=1S/C13H24N4O7/c1-14-10(18)6-9(13(23)24)16-3-5-17(8-12(21)22)4-2-15-7-11(19)20/h9,15-16H,2-8H2,1H3,(H,14,18)(H,19,20)(H,21,22)(H,23,24). The Morgan fingerprint density at radius 2 is 1.62 bits per heavy atom. The first-order chi connectivity index (χ1) is 11.3. The highest BCUT2D eigenvalue weighted by Crippen LogP contribution is 1.94. The summed E-state index contributed by atoms with van der Waals surface area (Å²) < 4.78 is 0. The highest BCUT2D eigenvalue weighted by atomic mass is 16.4. The van der Waals surface area contributed by atoms with Crippen LogP contribution in [0.1, 0.15) is 6.42 Å². The zero-order chi connectivity index (χ0) is 18.5. The summed E-state index contributed by atoms with van der Waals surface area (Å²) in [6.07, 6.45) is -0.231. The van der Waals surface area contributed by atoms with E-state index in [0.717, 1.165) is 0 Å². The molecule has 1 amide bonds. The minimum atomic E-state index is -1.17. The van der Waals surface area contributed by atoms with E-state index in [1.165, 1.54) is 11.9 Å². The molecule has 0 saturated carbocycles. The van der Waals surface area contributed by atoms with Gasteiger partial charge in [-0.1, -0.05) is 0 Å². The summed E-state index contributed by atoms with van der Waals surface area (Å²) in [7, 11) is 1.40. The number of nitrogens with one attached hydrogen (secondary N) is 3. The first kappa shape index (κ1) is 21.8. The van der Waals surface area contributed by atoms with Crippen molar-refractivity contribution in [3.8, 4) is 0 Å². The van der Waals surface area contributed by atoms with Gasteiger partial charge >= 0.3 is 17.9 Å². The molecule has 0 aliphatic rings. The fourth-order valence-electron chi connectivity index (χ4n) is 1.82. The maximum absolute atomic E-state index is 11.2. The van der Waals surface area contributed by atoms with Crippen LogP contribution in [-0.4, -0.2) is 96.4 Å². The van der Waals surface area contributed by atoms with Gasteiger partial charge in [-0.3, -0.25) is 24.1 Å². The number of hydrogen-bond acceptors (Lipinski definition) is 7. The Hall–Kier alpha value is -2.24. The van der Waals surface area contributed by atoms with Crippen LogP contribution in [-0.2, 0) is 19.2 Å². The van der Waals surface area contributed by atoms with Crippen molar-refractivity contribution in [2.75, 3.05) is 46.3 Å². The largest absolute Gasteiger partial charge is 0.480 e. The van der Waals surface area contributed by atoms with Gasteiger partial charge in [-0.2, -0.15) is 0 Å². The number of amides is 1. The Kier molecular flexibility index (Phi) is 11.1. The van der Waals surface area contributed by atoms with Gasteiger partial charge in [-0.15, -0.1) is 0 Å². The van der Waals surface area contributed by atoms with E-state index in [2.05, 4.69) is 16.0 Å². The quantitative estimate of drug-likeness (QED) is 0.181. The van der Waals surface area contributed by atoms with Crippen LogP contribution in [0.2, 0.25) is 0 Å². The van der Waals surface area contributed by atoms with Gasteiger partial charge in [0.15, 0.2) is 0 Å². The average molecular weight is 348 g/mol. The van der Waals surface area contributed by atoms with Crippen molar-refractivity contribution in [3.05, 3.63) is 0 Å². The molecule has 11 nitrogen and oxygen atoms in total. The number of aliphatic carboxylic acids is 3. The second-order valence-corrected chi connectivity index (χ2v) is 4.96. The molecule has 0 aliphatic carbocycles. The Morgan fingerprint density at radius 3 is 2.12 bits per heavy atom. The fraction of sp³-hybridized carbons (Fsp3) is 0.692. The van der Waals surface area contributed by atoms with Gasteiger partial charge in [0.1, 0.15) is 6.04 Å². The summed E-state index contributed by atoms with van der Waals surface area (Å²) in [5.41, 5.74) is 0. The molecule has 0 spiro atoms. The van der Waals surface area contributed by atoms with Crippen LogP contribution >= 0.6 is 0 Å². The number of hydrogen-bond donors (Lipinski definition) is 6. The monoisotopic (exact) mass is 348 g/mol. The molecule has 0 rings (SSSR count). The van der Waals surface area contributed by atoms with Crippen LogP contribution in [0.25, 0.3) is 0 Å². The topological polar surface area (TPSA) is 168 Å². The van der Waals surface area contributed by atoms with E-state index in [9.17, 15) is 19.2 Å². The second-order valence-electron chi connectivity index (χ2n) is 4.96. The van der Waals surface area contributed by atoms with Crippen LogP contribution in [0.3, 0.4) is 0 Å². The van der Waals surface area contributed by atoms with Gasteiger partial charge in [0.05, 0.1) is 19.5 Å². The third kappa shape index (κ3) is 11.3. The van der Waals surface area contributed by atoms with Crippen molar-refractivity contribution >= 4 is 23.8 Å². The molecule has 0 aromatic rings. The minimum Gasteiger partial charge on any atom is -0.480 e. The zero-order valence-electron chi connectivity index (χ0n) is 13.4. The van der Waals surface area contributed by atoms with Crippen molar-refractivity contribution in [2.45, 2.75) is 12.5 Å². The summed E-state index contributed by atoms with van der Waals surface area (Å²) in [6.45, 7) is 0.476. The number of carbonyl (C=O) groups excluding carboxylic acids is 1. The first-order valence-electron chi connectivity index (χ1n) is 7.29. The average Bonchev–Trinajstić information content (AvgIpc) is 2.48. The van der Waals surface area contributed by atoms with Crippen molar-refractivity contribution in [1.82, 2.24) is 20.9 Å². The predicted octanol–water partition coefficient (Wildman–Crippen LogP) is -2.77. The lowest BCUT2D eigenvalue weighted by atomic mass is 10.2. The Morgan fingerprint density at radius 1 is 1.00 bits per heavy atom. The molecule has 0 radical (unpaired) electrons. The molecular formula is C13H24N4O7. The van der Waals surface area contributed by atoms with E-state index >= 15 is 0 Å². The molecule has 138 valence electrons. The number of rotatable bonds is 14. The van der Waals surface area contributed by atoms with Crippen molar-refractivity contribution in [2.24, 2.45) is 0 Å². The Bertz CT molecular complexity index is 444. The summed E-state index contributed by atoms with van der Waals surface area (Å²) >= 11 is 0. The van der Waals surface area contributed by atoms with E-state index < -0.39 is 29.9 Å². The number of nitrogens with zero attached hydrogens (tertiary/aromatic N) is 1. The first-order valence-corrected chi connectivity index (χ1v) is 7.29. The van der Waals surface area contributed by atoms with Crippen LogP contribution in [0.15, 0.2) is 0 Å². The Labute approximate surface area is 139 Å². The minimum absolute atomic E-state index is 0.167. The summed E-state index contributed by atoms with van der Waals surface area (Å²) in [5, 5.41) is 34.1. The maximum Gasteiger partial charge on any atom is 0.321 e. The molecule has 1 atom stereocenters. The fourth-order valence-corrected chi connectivity index (χ4v) is 1.82. The number of carbonyl (C=O) groups is 4. The van der Waals surface area contributed by atoms with Crippen molar-refractivity contribution in [1.29, 1.82) is 0 Å². The van der Waals surface area contributed by atoms with Gasteiger partial charge in [0.2, 0.25) is 5.91 Å². The summed E-state index contributed by atoms with van der Waals surface area (Å²) in [6, 6.07) is -1.07. The van der Waals surface area contributed by atoms with E-state index in [0.29, 0.717) is 0 Å². The van der Waals surface area contributed by atoms with Crippen LogP contribution in [0.5, 0.6) is 0 Å². The van der Waals surface area contributed by atoms with Gasteiger partial charge < -0.3 is 31.3 Å². The van der Waals surface area contributed by atoms with Gasteiger partial charge in [-0.05, 0) is 0 Å². The lowest BCUT2D eigenvalue weighted by molar-refractivity contribution is -0.141. The van der Waals surface area contributed by atoms with E-state index in [-0.39, 0.29) is 45.7 Å². The highest BCUT2D eigenvalue weighted by Gasteiger charge is 2.20. The molecule has 0 heterocycles. The molecule has 0 aromatic heterocycles. The zero-order valence-corrected chi connectivity index (χ0v) is 13.4. The van der Waals surface area contributed by atoms with Crippen molar-refractivity contribution in [3.63, 3.8) is 0 Å². The van der Waals surface area contributed by atoms with Gasteiger partial charge in [0, 0.05) is 33.2 Å². The second kappa shape index (κ2) is 12.2. The number of carboxylic acids is 3. The van der Waals surface area contributed by atoms with E-state index in [4.69, 9.17) is 15.3 Å². The van der Waals surface area contributed by atoms with E-state index in [1.54, 1.807) is 0 Å². The molecule has 11 heteroatoms. The molecule has 0 bridgehead atoms. The third-order valence-electron chi connectivity index (χ3n) is 3.03. The molecule has 0 aromatic carbocycles. The van der Waals surface area contributed by atoms with Crippen LogP contribution in [0, 0.1) is 0 Å². The number of carboxylic acid groups (broad SMARTS) is 3. The van der Waals surface area contributed by atoms with Crippen LogP contribution in [0.4, 0.5) is 0 Å². The summed E-state index contributed by atoms with van der Waals surface area (Å²) in [5.74, 6) is -3.66. The molecule has 0 aliphatic heterocycles. The van der Waals surface area contributed by atoms with E-state index in [1.807, 2.05) is 0 Å².